The summed E-state index contributed by atoms with van der Waals surface area (Å²) in [4.78, 5) is 61.0. The third kappa shape index (κ3) is 5.31. The number of rotatable bonds is 9. The van der Waals surface area contributed by atoms with Gasteiger partial charge in [0.25, 0.3) is 5.56 Å². The van der Waals surface area contributed by atoms with Gasteiger partial charge in [0.2, 0.25) is 11.8 Å². The number of nitrogens with zero attached hydrogens (tertiary/aromatic N) is 5. The molecule has 0 aliphatic rings. The van der Waals surface area contributed by atoms with Gasteiger partial charge in [-0.3, -0.25) is 23.5 Å². The highest BCUT2D eigenvalue weighted by Crippen LogP contribution is 2.04. The number of fused-ring (bicyclic) bond motifs is 1. The van der Waals surface area contributed by atoms with Crippen molar-refractivity contribution < 1.29 is 19.1 Å². The number of aromatic nitrogens is 5. The molecule has 2 rings (SSSR count). The molecule has 13 nitrogen and oxygen atoms in total. The maximum absolute atomic E-state index is 12.4. The first-order valence-electron chi connectivity index (χ1n) is 9.28. The molecule has 0 spiro atoms. The first kappa shape index (κ1) is 24.1. The zero-order chi connectivity index (χ0) is 23.3. The van der Waals surface area contributed by atoms with E-state index in [0.29, 0.717) is 12.2 Å². The van der Waals surface area contributed by atoms with Crippen molar-refractivity contribution in [3.05, 3.63) is 20.8 Å². The van der Waals surface area contributed by atoms with Crippen LogP contribution < -0.4 is 21.9 Å². The van der Waals surface area contributed by atoms with E-state index in [0.717, 1.165) is 13.8 Å². The van der Waals surface area contributed by atoms with E-state index in [1.807, 2.05) is 6.26 Å². The lowest BCUT2D eigenvalue weighted by atomic mass is 10.2. The van der Waals surface area contributed by atoms with Crippen molar-refractivity contribution in [3.8, 4) is 0 Å². The summed E-state index contributed by atoms with van der Waals surface area (Å²) in [7, 11) is 3.97. The number of thioether (sulfide) groups is 1. The molecule has 0 unspecified atom stereocenters. The highest BCUT2D eigenvalue weighted by molar-refractivity contribution is 7.98. The number of carbonyl (C=O) groups excluding carboxylic acids is 3. The van der Waals surface area contributed by atoms with E-state index in [1.54, 1.807) is 0 Å². The number of hydrogen-bond acceptors (Lipinski definition) is 9. The van der Waals surface area contributed by atoms with Gasteiger partial charge in [0, 0.05) is 14.1 Å². The molecule has 2 heterocycles. The average Bonchev–Trinajstić information content (AvgIpc) is 3.16. The lowest BCUT2D eigenvalue weighted by Gasteiger charge is -2.19. The Morgan fingerprint density at radius 3 is 2.45 bits per heavy atom. The number of esters is 1. The molecule has 170 valence electrons. The summed E-state index contributed by atoms with van der Waals surface area (Å²) in [5, 5.41) is 12.6. The number of ether oxygens (including phenoxy) is 1. The van der Waals surface area contributed by atoms with E-state index < -0.39 is 47.7 Å². The Labute approximate surface area is 181 Å². The van der Waals surface area contributed by atoms with Gasteiger partial charge >= 0.3 is 11.7 Å². The molecule has 31 heavy (non-hydrogen) atoms. The van der Waals surface area contributed by atoms with E-state index in [1.165, 1.54) is 39.9 Å². The van der Waals surface area contributed by atoms with Crippen molar-refractivity contribution in [2.24, 2.45) is 14.1 Å². The van der Waals surface area contributed by atoms with Gasteiger partial charge in [-0.25, -0.2) is 14.3 Å². The molecule has 0 aliphatic carbocycles. The highest BCUT2D eigenvalue weighted by atomic mass is 32.2. The largest absolute Gasteiger partial charge is 0.467 e. The number of amides is 2. The van der Waals surface area contributed by atoms with E-state index in [4.69, 9.17) is 4.74 Å². The van der Waals surface area contributed by atoms with Crippen molar-refractivity contribution in [3.63, 3.8) is 0 Å². The van der Waals surface area contributed by atoms with Gasteiger partial charge in [-0.2, -0.15) is 11.8 Å². The minimum Gasteiger partial charge on any atom is -0.467 e. The summed E-state index contributed by atoms with van der Waals surface area (Å²) < 4.78 is 7.79. The van der Waals surface area contributed by atoms with Crippen LogP contribution in [0.4, 0.5) is 0 Å². The van der Waals surface area contributed by atoms with Gasteiger partial charge in [0.15, 0.2) is 11.2 Å². The molecule has 2 atom stereocenters. The van der Waals surface area contributed by atoms with E-state index >= 15 is 0 Å². The Hall–Kier alpha value is -3.16. The van der Waals surface area contributed by atoms with Crippen molar-refractivity contribution >= 4 is 40.7 Å². The van der Waals surface area contributed by atoms with Crippen LogP contribution in [-0.4, -0.2) is 73.1 Å². The molecule has 2 N–H and O–H groups in total. The fraction of sp³-hybridized carbons (Fsp3) is 0.588. The highest BCUT2D eigenvalue weighted by Gasteiger charge is 2.25. The molecule has 2 aromatic heterocycles. The van der Waals surface area contributed by atoms with E-state index in [-0.39, 0.29) is 11.2 Å². The molecule has 2 amide bonds. The quantitative estimate of drug-likeness (QED) is 0.398. The summed E-state index contributed by atoms with van der Waals surface area (Å²) >= 11 is 1.52. The minimum atomic E-state index is -0.962. The predicted molar refractivity (Wildman–Crippen MR) is 113 cm³/mol. The van der Waals surface area contributed by atoms with Crippen LogP contribution in [0.3, 0.4) is 0 Å². The number of nitrogens with one attached hydrogen (secondary N) is 2. The summed E-state index contributed by atoms with van der Waals surface area (Å²) in [6.07, 6.45) is 2.26. The summed E-state index contributed by atoms with van der Waals surface area (Å²) in [6.45, 7) is 1.06. The lowest BCUT2D eigenvalue weighted by molar-refractivity contribution is -0.145. The van der Waals surface area contributed by atoms with Gasteiger partial charge in [-0.05, 0) is 25.4 Å². The summed E-state index contributed by atoms with van der Waals surface area (Å²) in [6, 6.07) is -1.79. The van der Waals surface area contributed by atoms with Crippen LogP contribution in [0, 0.1) is 0 Å². The van der Waals surface area contributed by atoms with Crippen LogP contribution in [0.1, 0.15) is 13.3 Å². The zero-order valence-corrected chi connectivity index (χ0v) is 18.7. The number of carbonyl (C=O) groups is 3. The number of hydrogen-bond donors (Lipinski definition) is 2. The molecule has 0 aliphatic heterocycles. The van der Waals surface area contributed by atoms with Crippen LogP contribution in [0.25, 0.3) is 11.2 Å². The maximum atomic E-state index is 12.4. The third-order valence-corrected chi connectivity index (χ3v) is 5.24. The summed E-state index contributed by atoms with van der Waals surface area (Å²) in [5.41, 5.74) is -1.18. The SMILES string of the molecule is COC(=O)[C@H](CCSC)NC(=O)[C@H](C)NC(=O)Cn1nnc2c1c(=O)n(C)c(=O)n2C. The Kier molecular flexibility index (Phi) is 7.96. The Balaban J connectivity index is 2.10. The third-order valence-electron chi connectivity index (χ3n) is 4.59. The second-order valence-electron chi connectivity index (χ2n) is 6.78. The van der Waals surface area contributed by atoms with Gasteiger partial charge in [0.05, 0.1) is 7.11 Å². The molecule has 0 saturated carbocycles. The van der Waals surface area contributed by atoms with Crippen LogP contribution in [0.15, 0.2) is 9.59 Å². The zero-order valence-electron chi connectivity index (χ0n) is 17.9. The molecular formula is C17H25N7O6S. The molecule has 2 aromatic rings. The molecular weight excluding hydrogens is 430 g/mol. The Bertz CT molecular complexity index is 1100. The smallest absolute Gasteiger partial charge is 0.332 e. The van der Waals surface area contributed by atoms with Crippen molar-refractivity contribution in [2.75, 3.05) is 19.1 Å². The fourth-order valence-corrected chi connectivity index (χ4v) is 3.29. The van der Waals surface area contributed by atoms with Gasteiger partial charge in [-0.15, -0.1) is 5.10 Å². The fourth-order valence-electron chi connectivity index (χ4n) is 2.82. The molecule has 0 saturated heterocycles. The molecule has 0 radical (unpaired) electrons. The molecule has 0 aromatic carbocycles. The number of methoxy groups -OCH3 is 1. The average molecular weight is 455 g/mol. The molecule has 0 bridgehead atoms. The normalized spacial score (nSPS) is 12.9. The Morgan fingerprint density at radius 1 is 1.16 bits per heavy atom. The molecule has 14 heteroatoms. The molecule has 0 fully saturated rings. The monoisotopic (exact) mass is 455 g/mol. The minimum absolute atomic E-state index is 0.0142. The second kappa shape index (κ2) is 10.2. The van der Waals surface area contributed by atoms with Crippen LogP contribution in [-0.2, 0) is 39.8 Å². The van der Waals surface area contributed by atoms with Crippen molar-refractivity contribution in [1.29, 1.82) is 0 Å². The predicted octanol–water partition coefficient (Wildman–Crippen LogP) is -2.26. The van der Waals surface area contributed by atoms with Crippen molar-refractivity contribution in [2.45, 2.75) is 32.0 Å². The lowest BCUT2D eigenvalue weighted by Crippen LogP contribution is -2.51. The maximum Gasteiger partial charge on any atom is 0.332 e. The van der Waals surface area contributed by atoms with Gasteiger partial charge < -0.3 is 15.4 Å². The van der Waals surface area contributed by atoms with Crippen molar-refractivity contribution in [1.82, 2.24) is 34.8 Å². The van der Waals surface area contributed by atoms with Crippen LogP contribution in [0.5, 0.6) is 0 Å². The Morgan fingerprint density at radius 2 is 1.84 bits per heavy atom. The number of aryl methyl sites for hydroxylation is 1. The topological polar surface area (TPSA) is 159 Å². The van der Waals surface area contributed by atoms with Crippen LogP contribution >= 0.6 is 11.8 Å². The van der Waals surface area contributed by atoms with Gasteiger partial charge in [0.1, 0.15) is 18.6 Å². The van der Waals surface area contributed by atoms with E-state index in [2.05, 4.69) is 20.9 Å². The van der Waals surface area contributed by atoms with Gasteiger partial charge in [-0.1, -0.05) is 5.21 Å². The van der Waals surface area contributed by atoms with Crippen LogP contribution in [0.2, 0.25) is 0 Å². The first-order valence-corrected chi connectivity index (χ1v) is 10.7. The standard InChI is InChI=1S/C17H25N7O6S/c1-9(14(26)19-10(6-7-31-5)16(28)30-4)18-11(25)8-24-12-13(20-21-24)22(2)17(29)23(3)15(12)27/h9-10H,6-8H2,1-5H3,(H,18,25)(H,19,26)/t9-,10-/m0/s1. The van der Waals surface area contributed by atoms with E-state index in [9.17, 15) is 24.0 Å². The summed E-state index contributed by atoms with van der Waals surface area (Å²) in [5.74, 6) is -1.11. The first-order chi connectivity index (χ1) is 14.6. The second-order valence-corrected chi connectivity index (χ2v) is 7.77.